The van der Waals surface area contributed by atoms with Crippen molar-refractivity contribution in [1.29, 1.82) is 0 Å². The van der Waals surface area contributed by atoms with Gasteiger partial charge in [-0.15, -0.1) is 22.7 Å². The van der Waals surface area contributed by atoms with Crippen LogP contribution in [-0.4, -0.2) is 44.0 Å². The fraction of sp³-hybridized carbons (Fsp3) is 0.00725. The van der Waals surface area contributed by atoms with Crippen LogP contribution in [0.2, 0.25) is 0 Å². The summed E-state index contributed by atoms with van der Waals surface area (Å²) in [5, 5.41) is 12.3. The molecular formula is C138H87N9OS2. The molecule has 30 rings (SSSR count). The first-order valence-corrected chi connectivity index (χ1v) is 52.2. The van der Waals surface area contributed by atoms with E-state index in [0.29, 0.717) is 29.2 Å². The molecule has 0 N–H and O–H groups in total. The van der Waals surface area contributed by atoms with E-state index in [0.717, 1.165) is 122 Å². The predicted octanol–water partition coefficient (Wildman–Crippen LogP) is 36.8. The van der Waals surface area contributed by atoms with Crippen molar-refractivity contribution < 1.29 is 4.42 Å². The van der Waals surface area contributed by atoms with E-state index >= 15 is 0 Å². The van der Waals surface area contributed by atoms with Crippen molar-refractivity contribution >= 4 is 129 Å². The van der Waals surface area contributed by atoms with Gasteiger partial charge in [0.25, 0.3) is 0 Å². The molecule has 1 aliphatic rings. The van der Waals surface area contributed by atoms with E-state index in [1.807, 2.05) is 126 Å². The first-order chi connectivity index (χ1) is 74.3. The van der Waals surface area contributed by atoms with E-state index in [1.54, 1.807) is 0 Å². The zero-order chi connectivity index (χ0) is 99.1. The second-order valence-corrected chi connectivity index (χ2v) is 40.1. The average molecular weight is 1950 g/mol. The maximum absolute atomic E-state index is 6.40. The molecule has 0 aliphatic heterocycles. The summed E-state index contributed by atoms with van der Waals surface area (Å²) in [6.07, 6.45) is 1.85. The van der Waals surface area contributed by atoms with Crippen LogP contribution in [0.3, 0.4) is 0 Å². The van der Waals surface area contributed by atoms with Crippen LogP contribution < -0.4 is 0 Å². The molecule has 0 radical (unpaired) electrons. The van der Waals surface area contributed by atoms with Gasteiger partial charge in [0.15, 0.2) is 23.3 Å². The molecule has 0 amide bonds. The summed E-state index contributed by atoms with van der Waals surface area (Å²) in [7, 11) is 0. The normalized spacial score (nSPS) is 12.2. The highest BCUT2D eigenvalue weighted by atomic mass is 32.1. The van der Waals surface area contributed by atoms with Gasteiger partial charge in [0.05, 0.1) is 39.1 Å². The first-order valence-electron chi connectivity index (χ1n) is 50.5. The smallest absolute Gasteiger partial charge is 0.235 e. The Labute approximate surface area is 872 Å². The van der Waals surface area contributed by atoms with Crippen molar-refractivity contribution in [3.05, 3.63) is 539 Å². The van der Waals surface area contributed by atoms with Crippen molar-refractivity contribution in [3.8, 4) is 158 Å². The zero-order valence-corrected chi connectivity index (χ0v) is 82.6. The number of fused-ring (bicyclic) bond motifs is 18. The number of benzene rings is 21. The third-order valence-electron chi connectivity index (χ3n) is 29.2. The number of hydrogen-bond donors (Lipinski definition) is 0. The van der Waals surface area contributed by atoms with Gasteiger partial charge in [0.2, 0.25) is 5.95 Å². The van der Waals surface area contributed by atoms with E-state index in [2.05, 4.69) is 428 Å². The third-order valence-corrected chi connectivity index (χ3v) is 31.6. The van der Waals surface area contributed by atoms with E-state index in [4.69, 9.17) is 39.3 Å². The molecule has 29 aromatic rings. The third kappa shape index (κ3) is 16.0. The molecule has 10 nitrogen and oxygen atoms in total. The van der Waals surface area contributed by atoms with Crippen molar-refractivity contribution in [2.75, 3.05) is 0 Å². The van der Waals surface area contributed by atoms with Gasteiger partial charge in [0, 0.05) is 135 Å². The summed E-state index contributed by atoms with van der Waals surface area (Å²) in [5.74, 6) is 3.45. The van der Waals surface area contributed by atoms with Gasteiger partial charge in [0.1, 0.15) is 11.2 Å². The molecule has 21 aromatic carbocycles. The van der Waals surface area contributed by atoms with E-state index in [1.165, 1.54) is 129 Å². The summed E-state index contributed by atoms with van der Waals surface area (Å²) in [6, 6.07) is 182. The molecule has 150 heavy (non-hydrogen) atoms. The van der Waals surface area contributed by atoms with Gasteiger partial charge in [-0.25, -0.2) is 34.9 Å². The molecule has 0 bridgehead atoms. The first kappa shape index (κ1) is 88.3. The van der Waals surface area contributed by atoms with E-state index < -0.39 is 0 Å². The van der Waals surface area contributed by atoms with Gasteiger partial charge in [-0.3, -0.25) is 4.57 Å². The fourth-order valence-electron chi connectivity index (χ4n) is 22.0. The lowest BCUT2D eigenvalue weighted by atomic mass is 9.87. The van der Waals surface area contributed by atoms with Gasteiger partial charge in [-0.2, -0.15) is 0 Å². The number of rotatable bonds is 15. The molecule has 8 aromatic heterocycles. The summed E-state index contributed by atoms with van der Waals surface area (Å²) in [4.78, 5) is 34.9. The highest BCUT2D eigenvalue weighted by Crippen LogP contribution is 2.52. The number of hydrogen-bond acceptors (Lipinski definition) is 10. The van der Waals surface area contributed by atoms with Crippen LogP contribution in [0.1, 0.15) is 22.6 Å². The Morgan fingerprint density at radius 2 is 0.600 bits per heavy atom. The highest BCUT2D eigenvalue weighted by Gasteiger charge is 2.32. The lowest BCUT2D eigenvalue weighted by Gasteiger charge is -2.16. The minimum Gasteiger partial charge on any atom is -0.455 e. The molecule has 1 unspecified atom stereocenters. The molecule has 1 atom stereocenters. The standard InChI is InChI=1S/C46H29N3O.2C46H29N3S/c1-2-10-30(11-3-1)33-12-8-13-34(28-33)31-20-22-32(23-21-31)41-26-27-47-46(48-41)49-42-18-6-4-14-37(42)40-29-35(24-25-43(40)49)36-16-9-17-39-38-15-5-7-19-44(38)50-45(36)39;1-3-13-30(14-4-1)40-29-41(31-15-5-2-6-16-31)48-46(47-40)33-17-11-18-34(27-33)49-42-23-9-7-19-36(42)39-28-32(25-26-43(39)49)35-21-12-22-38-37-20-8-10-24-44(37)50-45(35)38;1-3-12-30(13-4-1)44-47-45(31-14-5-2-6-15-31)49-46(48-44)32-24-22-29(23-25-32)42-38-18-8-7-16-35(38)36-27-26-33(28-40(36)42)34-19-11-20-39-37-17-9-10-21-41(37)50-43(34)39/h2*1-29H;1-28,42H. The molecule has 0 saturated carbocycles. The Morgan fingerprint density at radius 1 is 0.207 bits per heavy atom. The van der Waals surface area contributed by atoms with Crippen molar-refractivity contribution in [3.63, 3.8) is 0 Å². The Balaban J connectivity index is 0.000000108. The largest absolute Gasteiger partial charge is 0.455 e. The Hall–Kier alpha value is -19.4. The van der Waals surface area contributed by atoms with Crippen LogP contribution in [0.15, 0.2) is 526 Å². The fourth-order valence-corrected chi connectivity index (χ4v) is 24.5. The van der Waals surface area contributed by atoms with Gasteiger partial charge >= 0.3 is 0 Å². The number of aromatic nitrogens is 9. The van der Waals surface area contributed by atoms with Crippen LogP contribution in [0.25, 0.3) is 264 Å². The Kier molecular flexibility index (Phi) is 22.2. The van der Waals surface area contributed by atoms with E-state index in [-0.39, 0.29) is 5.92 Å². The molecule has 0 fully saturated rings. The van der Waals surface area contributed by atoms with Crippen LogP contribution in [0, 0.1) is 0 Å². The van der Waals surface area contributed by atoms with Gasteiger partial charge in [-0.05, 0) is 169 Å². The lowest BCUT2D eigenvalue weighted by Crippen LogP contribution is -2.01. The molecule has 12 heteroatoms. The number of nitrogens with zero attached hydrogens (tertiary/aromatic N) is 9. The van der Waals surface area contributed by atoms with E-state index in [9.17, 15) is 0 Å². The van der Waals surface area contributed by atoms with Crippen LogP contribution >= 0.6 is 22.7 Å². The van der Waals surface area contributed by atoms with Crippen molar-refractivity contribution in [2.45, 2.75) is 5.92 Å². The summed E-state index contributed by atoms with van der Waals surface area (Å²) >= 11 is 3.76. The highest BCUT2D eigenvalue weighted by molar-refractivity contribution is 7.26. The quantitative estimate of drug-likeness (QED) is 0.0997. The van der Waals surface area contributed by atoms with Crippen LogP contribution in [0.4, 0.5) is 0 Å². The van der Waals surface area contributed by atoms with Crippen LogP contribution in [-0.2, 0) is 0 Å². The molecule has 1 aliphatic carbocycles. The molecule has 0 saturated heterocycles. The average Bonchev–Trinajstić information content (AvgIpc) is 1.59. The maximum atomic E-state index is 6.40. The van der Waals surface area contributed by atoms with Crippen LogP contribution in [0.5, 0.6) is 0 Å². The summed E-state index contributed by atoms with van der Waals surface area (Å²) in [5.41, 5.74) is 35.6. The lowest BCUT2D eigenvalue weighted by molar-refractivity contribution is 0.670. The molecule has 702 valence electrons. The Morgan fingerprint density at radius 3 is 1.21 bits per heavy atom. The second kappa shape index (κ2) is 37.7. The number of thiophene rings is 2. The van der Waals surface area contributed by atoms with Crippen molar-refractivity contribution in [1.82, 2.24) is 44.0 Å². The maximum Gasteiger partial charge on any atom is 0.235 e. The second-order valence-electron chi connectivity index (χ2n) is 38.0. The summed E-state index contributed by atoms with van der Waals surface area (Å²) in [6.45, 7) is 0. The Bertz CT molecular complexity index is 10200. The predicted molar refractivity (Wildman–Crippen MR) is 624 cm³/mol. The minimum absolute atomic E-state index is 0.120. The monoisotopic (exact) mass is 1950 g/mol. The number of furan rings is 1. The van der Waals surface area contributed by atoms with Crippen molar-refractivity contribution in [2.24, 2.45) is 0 Å². The minimum atomic E-state index is 0.120. The number of para-hydroxylation sites is 4. The summed E-state index contributed by atoms with van der Waals surface area (Å²) < 4.78 is 16.3. The molecule has 0 spiro atoms. The topological polar surface area (TPSA) is 113 Å². The SMILES string of the molecule is c1ccc(-c2cc(-c3ccccc3)nc(-c3cccc(-n4c5ccccc5c5cc(-c6cccc7c6sc6ccccc67)ccc54)c3)n2)cc1.c1ccc(-c2cccc(-c3ccc(-c4ccnc(-n5c6ccccc6c6cc(-c7cccc8c7oc7ccccc78)ccc65)n4)cc3)c2)cc1.c1ccc(-c2nc(-c3ccccc3)nc(-c3ccc(C4c5ccccc5-c5ccc(-c6cccc7c6sc6ccccc67)cc54)cc3)n2)cc1. The zero-order valence-electron chi connectivity index (χ0n) is 81.0. The van der Waals surface area contributed by atoms with Gasteiger partial charge < -0.3 is 8.98 Å². The molecule has 8 heterocycles. The molecular weight excluding hydrogens is 1860 g/mol. The van der Waals surface area contributed by atoms with Gasteiger partial charge in [-0.1, -0.05) is 425 Å².